The largest absolute Gasteiger partial charge is 0.354 e. The summed E-state index contributed by atoms with van der Waals surface area (Å²) >= 11 is 1.93. The number of rotatable bonds is 9. The topological polar surface area (TPSA) is 41.1 Å². The lowest BCUT2D eigenvalue weighted by atomic mass is 10.2. The average Bonchev–Trinajstić information content (AvgIpc) is 3.02. The van der Waals surface area contributed by atoms with Gasteiger partial charge in [0.25, 0.3) is 0 Å². The number of hydrogen-bond acceptors (Lipinski definition) is 3. The Kier molecular flexibility index (Phi) is 6.88. The highest BCUT2D eigenvalue weighted by molar-refractivity contribution is 7.99. The molecular weight excluding hydrogens is 220 g/mol. The minimum atomic E-state index is 0.183. The normalized spacial score (nSPS) is 17.1. The fourth-order valence-corrected chi connectivity index (χ4v) is 2.31. The third-order valence-electron chi connectivity index (χ3n) is 2.67. The smallest absolute Gasteiger partial charge is 0.221 e. The Bertz CT molecular complexity index is 207. The van der Waals surface area contributed by atoms with Crippen molar-refractivity contribution in [2.45, 2.75) is 51.6 Å². The van der Waals surface area contributed by atoms with Crippen molar-refractivity contribution in [2.24, 2.45) is 0 Å². The third-order valence-corrected chi connectivity index (χ3v) is 3.60. The van der Waals surface area contributed by atoms with Crippen LogP contribution in [0.1, 0.15) is 39.5 Å². The van der Waals surface area contributed by atoms with Gasteiger partial charge in [0.2, 0.25) is 5.91 Å². The lowest BCUT2D eigenvalue weighted by molar-refractivity contribution is -0.121. The summed E-state index contributed by atoms with van der Waals surface area (Å²) in [4.78, 5) is 11.5. The van der Waals surface area contributed by atoms with Crippen molar-refractivity contribution in [1.82, 2.24) is 10.6 Å². The maximum atomic E-state index is 11.5. The first-order valence-electron chi connectivity index (χ1n) is 6.33. The lowest BCUT2D eigenvalue weighted by Gasteiger charge is -2.13. The zero-order valence-electron chi connectivity index (χ0n) is 10.4. The molecule has 0 radical (unpaired) electrons. The van der Waals surface area contributed by atoms with Crippen LogP contribution in [0.5, 0.6) is 0 Å². The summed E-state index contributed by atoms with van der Waals surface area (Å²) in [5.41, 5.74) is 0. The number of amides is 1. The fraction of sp³-hybridized carbons (Fsp3) is 0.917. The van der Waals surface area contributed by atoms with Gasteiger partial charge in [-0.1, -0.05) is 6.92 Å². The molecule has 16 heavy (non-hydrogen) atoms. The van der Waals surface area contributed by atoms with E-state index in [4.69, 9.17) is 0 Å². The van der Waals surface area contributed by atoms with Crippen LogP contribution in [-0.2, 0) is 4.79 Å². The van der Waals surface area contributed by atoms with Crippen molar-refractivity contribution in [3.63, 3.8) is 0 Å². The van der Waals surface area contributed by atoms with Gasteiger partial charge >= 0.3 is 0 Å². The SMILES string of the molecule is CCSCCC(C)NC(=O)CCNC1CC1. The number of hydrogen-bond donors (Lipinski definition) is 2. The lowest BCUT2D eigenvalue weighted by Crippen LogP contribution is -2.35. The van der Waals surface area contributed by atoms with Crippen LogP contribution in [0.15, 0.2) is 0 Å². The van der Waals surface area contributed by atoms with E-state index in [9.17, 15) is 4.79 Å². The van der Waals surface area contributed by atoms with E-state index >= 15 is 0 Å². The minimum absolute atomic E-state index is 0.183. The van der Waals surface area contributed by atoms with E-state index in [0.717, 1.165) is 24.5 Å². The molecule has 2 N–H and O–H groups in total. The van der Waals surface area contributed by atoms with Crippen molar-refractivity contribution >= 4 is 17.7 Å². The van der Waals surface area contributed by atoms with E-state index < -0.39 is 0 Å². The molecule has 1 saturated carbocycles. The van der Waals surface area contributed by atoms with Gasteiger partial charge in [-0.3, -0.25) is 4.79 Å². The number of thioether (sulfide) groups is 1. The van der Waals surface area contributed by atoms with Gasteiger partial charge in [0, 0.05) is 25.0 Å². The predicted octanol–water partition coefficient (Wildman–Crippen LogP) is 1.78. The molecule has 0 aromatic carbocycles. The van der Waals surface area contributed by atoms with Crippen molar-refractivity contribution in [3.8, 4) is 0 Å². The van der Waals surface area contributed by atoms with Gasteiger partial charge in [0.05, 0.1) is 0 Å². The summed E-state index contributed by atoms with van der Waals surface area (Å²) in [5, 5.41) is 6.39. The molecule has 3 nitrogen and oxygen atoms in total. The zero-order chi connectivity index (χ0) is 11.8. The summed E-state index contributed by atoms with van der Waals surface area (Å²) in [7, 11) is 0. The van der Waals surface area contributed by atoms with E-state index in [1.807, 2.05) is 11.8 Å². The molecular formula is C12H24N2OS. The summed E-state index contributed by atoms with van der Waals surface area (Å²) < 4.78 is 0. The molecule has 1 atom stereocenters. The van der Waals surface area contributed by atoms with Crippen LogP contribution >= 0.6 is 11.8 Å². The highest BCUT2D eigenvalue weighted by atomic mass is 32.2. The summed E-state index contributed by atoms with van der Waals surface area (Å²) in [6, 6.07) is 1.01. The van der Waals surface area contributed by atoms with E-state index in [-0.39, 0.29) is 5.91 Å². The predicted molar refractivity (Wildman–Crippen MR) is 70.9 cm³/mol. The summed E-state index contributed by atoms with van der Waals surface area (Å²) in [6.07, 6.45) is 4.25. The first-order valence-corrected chi connectivity index (χ1v) is 7.48. The summed E-state index contributed by atoms with van der Waals surface area (Å²) in [6.45, 7) is 5.08. The van der Waals surface area contributed by atoms with Gasteiger partial charge in [0.15, 0.2) is 0 Å². The van der Waals surface area contributed by atoms with E-state index in [1.54, 1.807) is 0 Å². The van der Waals surface area contributed by atoms with E-state index in [0.29, 0.717) is 18.5 Å². The van der Waals surface area contributed by atoms with Crippen molar-refractivity contribution in [2.75, 3.05) is 18.1 Å². The Hall–Kier alpha value is -0.220. The molecule has 0 aromatic rings. The Balaban J connectivity index is 1.93. The summed E-state index contributed by atoms with van der Waals surface area (Å²) in [5.74, 6) is 2.48. The number of carbonyl (C=O) groups is 1. The molecule has 1 unspecified atom stereocenters. The average molecular weight is 244 g/mol. The zero-order valence-corrected chi connectivity index (χ0v) is 11.2. The van der Waals surface area contributed by atoms with Gasteiger partial charge in [-0.05, 0) is 37.7 Å². The van der Waals surface area contributed by atoms with Crippen LogP contribution in [-0.4, -0.2) is 36.0 Å². The Morgan fingerprint density at radius 2 is 2.25 bits per heavy atom. The molecule has 0 bridgehead atoms. The minimum Gasteiger partial charge on any atom is -0.354 e. The van der Waals surface area contributed by atoms with Crippen LogP contribution in [0.25, 0.3) is 0 Å². The second kappa shape index (κ2) is 7.96. The van der Waals surface area contributed by atoms with Crippen LogP contribution in [0.2, 0.25) is 0 Å². The molecule has 1 aliphatic rings. The van der Waals surface area contributed by atoms with Gasteiger partial charge in [0.1, 0.15) is 0 Å². The van der Waals surface area contributed by atoms with Gasteiger partial charge in [-0.25, -0.2) is 0 Å². The van der Waals surface area contributed by atoms with Crippen LogP contribution in [0.3, 0.4) is 0 Å². The number of nitrogens with one attached hydrogen (secondary N) is 2. The molecule has 0 aromatic heterocycles. The maximum absolute atomic E-state index is 11.5. The standard InChI is InChI=1S/C12H24N2OS/c1-3-16-9-7-10(2)14-12(15)6-8-13-11-4-5-11/h10-11,13H,3-9H2,1-2H3,(H,14,15). The molecule has 1 aliphatic carbocycles. The molecule has 0 heterocycles. The molecule has 0 aliphatic heterocycles. The Labute approximate surface area is 103 Å². The molecule has 1 amide bonds. The quantitative estimate of drug-likeness (QED) is 0.607. The van der Waals surface area contributed by atoms with Crippen molar-refractivity contribution < 1.29 is 4.79 Å². The van der Waals surface area contributed by atoms with Gasteiger partial charge in [-0.15, -0.1) is 0 Å². The molecule has 94 valence electrons. The third kappa shape index (κ3) is 7.12. The second-order valence-electron chi connectivity index (χ2n) is 4.43. The van der Waals surface area contributed by atoms with Crippen LogP contribution < -0.4 is 10.6 Å². The fourth-order valence-electron chi connectivity index (χ4n) is 1.50. The first-order chi connectivity index (χ1) is 7.72. The first kappa shape index (κ1) is 13.8. The molecule has 1 fully saturated rings. The number of carbonyl (C=O) groups excluding carboxylic acids is 1. The van der Waals surface area contributed by atoms with Crippen molar-refractivity contribution in [3.05, 3.63) is 0 Å². The van der Waals surface area contributed by atoms with Gasteiger partial charge in [-0.2, -0.15) is 11.8 Å². The second-order valence-corrected chi connectivity index (χ2v) is 5.83. The maximum Gasteiger partial charge on any atom is 0.221 e. The molecule has 0 spiro atoms. The monoisotopic (exact) mass is 244 g/mol. The Morgan fingerprint density at radius 1 is 1.50 bits per heavy atom. The molecule has 0 saturated heterocycles. The highest BCUT2D eigenvalue weighted by Gasteiger charge is 2.20. The van der Waals surface area contributed by atoms with Crippen molar-refractivity contribution in [1.29, 1.82) is 0 Å². The van der Waals surface area contributed by atoms with Gasteiger partial charge < -0.3 is 10.6 Å². The van der Waals surface area contributed by atoms with Crippen LogP contribution in [0, 0.1) is 0 Å². The molecule has 1 rings (SSSR count). The van der Waals surface area contributed by atoms with E-state index in [1.165, 1.54) is 12.8 Å². The van der Waals surface area contributed by atoms with E-state index in [2.05, 4.69) is 24.5 Å². The molecule has 4 heteroatoms. The Morgan fingerprint density at radius 3 is 2.88 bits per heavy atom. The highest BCUT2D eigenvalue weighted by Crippen LogP contribution is 2.18. The van der Waals surface area contributed by atoms with Crippen LogP contribution in [0.4, 0.5) is 0 Å².